The number of aromatic hydroxyl groups is 2. The molecule has 350 valence electrons. The normalized spacial score (nSPS) is 12.4. The van der Waals surface area contributed by atoms with Gasteiger partial charge in [0.05, 0.1) is 39.9 Å². The van der Waals surface area contributed by atoms with E-state index < -0.39 is 117 Å². The second-order valence-corrected chi connectivity index (χ2v) is 17.4. The van der Waals surface area contributed by atoms with Gasteiger partial charge in [0.15, 0.2) is 11.4 Å². The first kappa shape index (κ1) is 48.6. The van der Waals surface area contributed by atoms with Crippen molar-refractivity contribution < 1.29 is 88.6 Å². The fraction of sp³-hybridized carbons (Fsp3) is 0.108. The number of rotatable bonds is 18. The Bertz CT molecular complexity index is 3400. The van der Waals surface area contributed by atoms with E-state index in [4.69, 9.17) is 9.47 Å². The molecule has 9 N–H and O–H groups in total. The van der Waals surface area contributed by atoms with Gasteiger partial charge in [0.25, 0.3) is 30.4 Å². The van der Waals surface area contributed by atoms with E-state index in [1.807, 2.05) is 0 Å². The lowest BCUT2D eigenvalue weighted by atomic mass is 10.1. The summed E-state index contributed by atoms with van der Waals surface area (Å²) < 4.78 is 112. The summed E-state index contributed by atoms with van der Waals surface area (Å²) in [5.74, 6) is -5.62. The molecule has 5 aromatic carbocycles. The van der Waals surface area contributed by atoms with Crippen LogP contribution >= 0.6 is 0 Å². The van der Waals surface area contributed by atoms with Gasteiger partial charge in [-0.25, -0.2) is 9.59 Å². The second-order valence-electron chi connectivity index (χ2n) is 13.2. The van der Waals surface area contributed by atoms with Crippen LogP contribution in [0.1, 0.15) is 20.8 Å². The maximum Gasteiger partial charge on any atom is 0.358 e. The maximum atomic E-state index is 12.8. The van der Waals surface area contributed by atoms with Crippen molar-refractivity contribution in [3.8, 4) is 28.8 Å². The highest BCUT2D eigenvalue weighted by atomic mass is 32.2. The number of aliphatic hydroxyl groups is 2. The molecule has 0 spiro atoms. The van der Waals surface area contributed by atoms with Gasteiger partial charge >= 0.3 is 11.9 Å². The predicted molar refractivity (Wildman–Crippen MR) is 225 cm³/mol. The molecule has 0 amide bonds. The van der Waals surface area contributed by atoms with Crippen LogP contribution in [-0.4, -0.2) is 118 Å². The fourth-order valence-corrected chi connectivity index (χ4v) is 7.40. The number of hydrogen-bond acceptors (Lipinski definition) is 21. The molecule has 0 radical (unpaired) electrons. The Morgan fingerprint density at radius 2 is 1.15 bits per heavy atom. The number of ether oxygens (including phenoxy) is 2. The number of carbonyl (C=O) groups is 2. The third-order valence-corrected chi connectivity index (χ3v) is 11.3. The van der Waals surface area contributed by atoms with Gasteiger partial charge < -0.3 is 40.1 Å². The number of benzene rings is 5. The Kier molecular flexibility index (Phi) is 14.0. The van der Waals surface area contributed by atoms with Crippen molar-refractivity contribution in [3.05, 3.63) is 90.1 Å². The molecular weight excluding hydrogens is 957 g/mol. The molecule has 67 heavy (non-hydrogen) atoms. The molecule has 0 aliphatic heterocycles. The van der Waals surface area contributed by atoms with Crippen molar-refractivity contribution in [2.24, 2.45) is 30.7 Å². The maximum absolute atomic E-state index is 12.8. The molecular formula is C37H30N8O19S3. The Morgan fingerprint density at radius 3 is 1.69 bits per heavy atom. The first-order valence-corrected chi connectivity index (χ1v) is 22.5. The first-order valence-electron chi connectivity index (χ1n) is 18.2. The van der Waals surface area contributed by atoms with Gasteiger partial charge in [-0.1, -0.05) is 0 Å². The average molecular weight is 987 g/mol. The minimum Gasteiger partial charge on any atom is -0.505 e. The number of fused-ring (bicyclic) bond motifs is 1. The van der Waals surface area contributed by atoms with Crippen LogP contribution in [0.5, 0.6) is 23.1 Å². The van der Waals surface area contributed by atoms with Gasteiger partial charge in [0.2, 0.25) is 11.6 Å². The predicted octanol–water partition coefficient (Wildman–Crippen LogP) is 5.56. The van der Waals surface area contributed by atoms with Crippen molar-refractivity contribution in [2.45, 2.75) is 14.7 Å². The van der Waals surface area contributed by atoms with Crippen molar-refractivity contribution in [1.82, 2.24) is 9.78 Å². The van der Waals surface area contributed by atoms with E-state index in [2.05, 4.69) is 35.8 Å². The largest absolute Gasteiger partial charge is 0.505 e. The molecule has 0 unspecified atom stereocenters. The highest BCUT2D eigenvalue weighted by Crippen LogP contribution is 2.46. The van der Waals surface area contributed by atoms with Gasteiger partial charge in [-0.2, -0.15) is 40.1 Å². The monoisotopic (exact) mass is 986 g/mol. The molecule has 0 aliphatic rings. The molecule has 30 heteroatoms. The third-order valence-electron chi connectivity index (χ3n) is 8.75. The van der Waals surface area contributed by atoms with E-state index in [0.717, 1.165) is 60.7 Å². The highest BCUT2D eigenvalue weighted by Gasteiger charge is 2.27. The molecule has 0 saturated carbocycles. The van der Waals surface area contributed by atoms with Crippen LogP contribution in [0.3, 0.4) is 0 Å². The van der Waals surface area contributed by atoms with E-state index in [9.17, 15) is 79.1 Å². The summed E-state index contributed by atoms with van der Waals surface area (Å²) in [5.41, 5.74) is -4.14. The van der Waals surface area contributed by atoms with Crippen molar-refractivity contribution in [2.75, 3.05) is 26.4 Å². The van der Waals surface area contributed by atoms with Gasteiger partial charge in [0, 0.05) is 17.5 Å². The van der Waals surface area contributed by atoms with E-state index in [1.54, 1.807) is 0 Å². The number of phenols is 1. The Balaban J connectivity index is 1.42. The van der Waals surface area contributed by atoms with E-state index >= 15 is 0 Å². The van der Waals surface area contributed by atoms with Crippen LogP contribution in [0.4, 0.5) is 34.1 Å². The minimum atomic E-state index is -5.27. The lowest BCUT2D eigenvalue weighted by Gasteiger charge is -2.13. The van der Waals surface area contributed by atoms with Crippen LogP contribution < -0.4 is 9.47 Å². The molecule has 0 bridgehead atoms. The summed E-state index contributed by atoms with van der Waals surface area (Å²) >= 11 is 0. The lowest BCUT2D eigenvalue weighted by molar-refractivity contribution is 0.0682. The summed E-state index contributed by atoms with van der Waals surface area (Å²) in [7, 11) is -14.6. The summed E-state index contributed by atoms with van der Waals surface area (Å²) in [5, 5.41) is 87.5. The zero-order valence-corrected chi connectivity index (χ0v) is 35.7. The van der Waals surface area contributed by atoms with E-state index in [0.29, 0.717) is 10.7 Å². The number of phenolic OH excluding ortho intramolecular Hbond substituents is 1. The molecule has 6 aromatic rings. The standard InChI is InChI=1S/C37H30N8O19S3/c46-9-11-63-28-17-27(29(64-12-10-47)16-26(28)40-39-25-8-6-22(66(57,58)59)15-24(25)36(50)51)41-42-31-30(67(60,61)62)14-18-13-20(3-7-23(18)34(31)48)45-35(49)32(33(44-45)37(52)53)43-38-19-1-4-21(5-2-19)65(54,55)56/h1-8,13-17,46-49H,9-12H2,(H,50,51)(H,52,53)(H,54,55,56)(H,57,58,59)(H,60,61,62). The van der Waals surface area contributed by atoms with Crippen molar-refractivity contribution in [3.63, 3.8) is 0 Å². The van der Waals surface area contributed by atoms with Crippen LogP contribution in [0.25, 0.3) is 16.5 Å². The molecule has 0 atom stereocenters. The summed E-state index contributed by atoms with van der Waals surface area (Å²) in [6.07, 6.45) is 0. The summed E-state index contributed by atoms with van der Waals surface area (Å²) in [6, 6.07) is 13.1. The number of carboxylic acid groups (broad SMARTS) is 2. The first-order chi connectivity index (χ1) is 31.5. The summed E-state index contributed by atoms with van der Waals surface area (Å²) in [6.45, 7) is -1.88. The SMILES string of the molecule is O=C(O)c1cc(S(=O)(=O)O)ccc1N=Nc1cc(OCCO)c(N=Nc2c(S(=O)(=O)O)cc3cc(-n4nc(C(=O)O)c(N=Nc5ccc(S(=O)(=O)O)cc5)c4O)ccc3c2O)cc1OCCO. The van der Waals surface area contributed by atoms with Crippen LogP contribution in [-0.2, 0) is 30.4 Å². The van der Waals surface area contributed by atoms with Gasteiger partial charge in [0.1, 0.15) is 52.4 Å². The lowest BCUT2D eigenvalue weighted by Crippen LogP contribution is -2.04. The Hall–Kier alpha value is -7.84. The van der Waals surface area contributed by atoms with Crippen LogP contribution in [0.15, 0.2) is 124 Å². The van der Waals surface area contributed by atoms with Crippen molar-refractivity contribution >= 4 is 87.2 Å². The molecule has 0 saturated heterocycles. The number of aromatic nitrogens is 2. The molecule has 1 heterocycles. The molecule has 1 aromatic heterocycles. The van der Waals surface area contributed by atoms with Gasteiger partial charge in [-0.15, -0.1) is 25.6 Å². The molecule has 0 fully saturated rings. The molecule has 27 nitrogen and oxygen atoms in total. The number of azo groups is 3. The topological polar surface area (TPSA) is 429 Å². The number of carboxylic acids is 2. The minimum absolute atomic E-state index is 0.0324. The Morgan fingerprint density at radius 1 is 0.597 bits per heavy atom. The third kappa shape index (κ3) is 11.0. The Labute approximate surface area is 375 Å². The number of aromatic carboxylic acids is 2. The fourth-order valence-electron chi connectivity index (χ4n) is 5.76. The summed E-state index contributed by atoms with van der Waals surface area (Å²) in [4.78, 5) is 21.7. The van der Waals surface area contributed by atoms with E-state index in [-0.39, 0.29) is 51.6 Å². The average Bonchev–Trinajstić information content (AvgIpc) is 3.60. The molecule has 0 aliphatic carbocycles. The number of nitrogens with zero attached hydrogens (tertiary/aromatic N) is 8. The molecule has 6 rings (SSSR count). The van der Waals surface area contributed by atoms with Crippen molar-refractivity contribution in [1.29, 1.82) is 0 Å². The van der Waals surface area contributed by atoms with Gasteiger partial charge in [-0.3, -0.25) is 13.7 Å². The number of aliphatic hydroxyl groups excluding tert-OH is 2. The van der Waals surface area contributed by atoms with Crippen LogP contribution in [0.2, 0.25) is 0 Å². The van der Waals surface area contributed by atoms with E-state index in [1.165, 1.54) is 12.1 Å². The second kappa shape index (κ2) is 19.3. The van der Waals surface area contributed by atoms with Gasteiger partial charge in [-0.05, 0) is 72.1 Å². The van der Waals surface area contributed by atoms with Crippen LogP contribution in [0, 0.1) is 0 Å². The number of hydrogen-bond donors (Lipinski definition) is 9. The smallest absolute Gasteiger partial charge is 0.358 e. The highest BCUT2D eigenvalue weighted by molar-refractivity contribution is 7.86. The zero-order chi connectivity index (χ0) is 49.0. The quantitative estimate of drug-likeness (QED) is 0.0376. The zero-order valence-electron chi connectivity index (χ0n) is 33.2.